The van der Waals surface area contributed by atoms with Gasteiger partial charge < -0.3 is 10.1 Å². The maximum atomic E-state index is 5.89. The molecule has 1 aliphatic rings. The third-order valence-corrected chi connectivity index (χ3v) is 5.28. The summed E-state index contributed by atoms with van der Waals surface area (Å²) < 4.78 is 8.99. The van der Waals surface area contributed by atoms with Gasteiger partial charge in [0.2, 0.25) is 0 Å². The number of aryl methyl sites for hydroxylation is 1. The summed E-state index contributed by atoms with van der Waals surface area (Å²) in [6.45, 7) is 2.73. The van der Waals surface area contributed by atoms with E-state index in [1.807, 2.05) is 17.9 Å². The van der Waals surface area contributed by atoms with Crippen LogP contribution >= 0.6 is 27.3 Å². The number of halogens is 1. The Morgan fingerprint density at radius 2 is 2.50 bits per heavy atom. The molecule has 0 radical (unpaired) electrons. The number of hydrogen-bond acceptors (Lipinski definition) is 4. The maximum Gasteiger partial charge on any atom is 0.103 e. The van der Waals surface area contributed by atoms with Gasteiger partial charge in [0.05, 0.1) is 9.48 Å². The Balaban J connectivity index is 1.55. The lowest BCUT2D eigenvalue weighted by Gasteiger charge is -2.19. The minimum Gasteiger partial charge on any atom is -0.372 e. The zero-order valence-corrected chi connectivity index (χ0v) is 13.8. The third-order valence-electron chi connectivity index (χ3n) is 3.72. The van der Waals surface area contributed by atoms with Crippen LogP contribution in [0.2, 0.25) is 0 Å². The predicted octanol–water partition coefficient (Wildman–Crippen LogP) is 3.11. The van der Waals surface area contributed by atoms with Crippen molar-refractivity contribution in [3.63, 3.8) is 0 Å². The van der Waals surface area contributed by atoms with Gasteiger partial charge in [-0.1, -0.05) is 0 Å². The van der Waals surface area contributed by atoms with Crippen molar-refractivity contribution >= 4 is 27.3 Å². The molecule has 0 aliphatic carbocycles. The lowest BCUT2D eigenvalue weighted by Crippen LogP contribution is -2.25. The molecule has 0 spiro atoms. The molecule has 0 bridgehead atoms. The summed E-state index contributed by atoms with van der Waals surface area (Å²) in [4.78, 5) is 0. The SMILES string of the molecule is Cn1nccc1[C@@H]1OCC[C@H]1CNCc1csc(Br)c1. The van der Waals surface area contributed by atoms with E-state index in [9.17, 15) is 0 Å². The summed E-state index contributed by atoms with van der Waals surface area (Å²) in [6, 6.07) is 4.22. The Labute approximate surface area is 131 Å². The fraction of sp³-hybridized carbons (Fsp3) is 0.500. The molecule has 3 heterocycles. The van der Waals surface area contributed by atoms with Gasteiger partial charge in [0.1, 0.15) is 6.10 Å². The van der Waals surface area contributed by atoms with Gasteiger partial charge in [-0.15, -0.1) is 11.3 Å². The van der Waals surface area contributed by atoms with E-state index in [4.69, 9.17) is 4.74 Å². The van der Waals surface area contributed by atoms with Crippen LogP contribution in [0.3, 0.4) is 0 Å². The Bertz CT molecular complexity index is 568. The number of rotatable bonds is 5. The molecule has 20 heavy (non-hydrogen) atoms. The minimum absolute atomic E-state index is 0.171. The molecule has 1 fully saturated rings. The first-order valence-electron chi connectivity index (χ1n) is 6.77. The van der Waals surface area contributed by atoms with Gasteiger partial charge in [0.25, 0.3) is 0 Å². The van der Waals surface area contributed by atoms with Gasteiger partial charge >= 0.3 is 0 Å². The average molecular weight is 356 g/mol. The molecular formula is C14H18BrN3OS. The van der Waals surface area contributed by atoms with Crippen LogP contribution in [0.25, 0.3) is 0 Å². The second-order valence-corrected chi connectivity index (χ2v) is 7.40. The number of hydrogen-bond donors (Lipinski definition) is 1. The van der Waals surface area contributed by atoms with Gasteiger partial charge in [-0.2, -0.15) is 5.10 Å². The third kappa shape index (κ3) is 3.14. The highest BCUT2D eigenvalue weighted by Crippen LogP contribution is 2.33. The highest BCUT2D eigenvalue weighted by molar-refractivity contribution is 9.11. The van der Waals surface area contributed by atoms with Crippen LogP contribution in [0.1, 0.15) is 23.8 Å². The molecule has 1 N–H and O–H groups in total. The molecule has 3 rings (SSSR count). The maximum absolute atomic E-state index is 5.89. The van der Waals surface area contributed by atoms with Crippen LogP contribution in [0.4, 0.5) is 0 Å². The van der Waals surface area contributed by atoms with Gasteiger partial charge in [0.15, 0.2) is 0 Å². The molecule has 108 valence electrons. The Hall–Kier alpha value is -0.690. The topological polar surface area (TPSA) is 39.1 Å². The van der Waals surface area contributed by atoms with Crippen LogP contribution in [-0.2, 0) is 18.3 Å². The Morgan fingerprint density at radius 3 is 3.20 bits per heavy atom. The molecule has 1 aliphatic heterocycles. The summed E-state index contributed by atoms with van der Waals surface area (Å²) in [6.07, 6.45) is 3.12. The van der Waals surface area contributed by atoms with E-state index in [0.29, 0.717) is 5.92 Å². The van der Waals surface area contributed by atoms with Crippen LogP contribution < -0.4 is 5.32 Å². The smallest absolute Gasteiger partial charge is 0.103 e. The van der Waals surface area contributed by atoms with E-state index in [-0.39, 0.29) is 6.10 Å². The Kier molecular flexibility index (Phi) is 4.55. The molecule has 2 aromatic rings. The van der Waals surface area contributed by atoms with Crippen LogP contribution in [0.15, 0.2) is 27.5 Å². The van der Waals surface area contributed by atoms with Gasteiger partial charge in [-0.3, -0.25) is 4.68 Å². The van der Waals surface area contributed by atoms with Crippen molar-refractivity contribution < 1.29 is 4.74 Å². The normalized spacial score (nSPS) is 22.5. The van der Waals surface area contributed by atoms with E-state index >= 15 is 0 Å². The van der Waals surface area contributed by atoms with Gasteiger partial charge in [-0.25, -0.2) is 0 Å². The fourth-order valence-corrected chi connectivity index (χ4v) is 3.88. The molecule has 4 nitrogen and oxygen atoms in total. The summed E-state index contributed by atoms with van der Waals surface area (Å²) in [5.41, 5.74) is 2.51. The predicted molar refractivity (Wildman–Crippen MR) is 83.7 cm³/mol. The molecule has 0 amide bonds. The molecule has 1 saturated heterocycles. The second-order valence-electron chi connectivity index (χ2n) is 5.11. The largest absolute Gasteiger partial charge is 0.372 e. The zero-order chi connectivity index (χ0) is 13.9. The first-order chi connectivity index (χ1) is 9.74. The second kappa shape index (κ2) is 6.39. The quantitative estimate of drug-likeness (QED) is 0.895. The molecule has 6 heteroatoms. The number of thiophene rings is 1. The van der Waals surface area contributed by atoms with Crippen molar-refractivity contribution in [3.05, 3.63) is 38.8 Å². The van der Waals surface area contributed by atoms with Crippen molar-refractivity contribution in [3.8, 4) is 0 Å². The summed E-state index contributed by atoms with van der Waals surface area (Å²) in [5, 5.41) is 9.96. The summed E-state index contributed by atoms with van der Waals surface area (Å²) in [7, 11) is 1.98. The van der Waals surface area contributed by atoms with Crippen LogP contribution in [-0.4, -0.2) is 22.9 Å². The first-order valence-corrected chi connectivity index (χ1v) is 8.44. The van der Waals surface area contributed by atoms with Gasteiger partial charge in [0, 0.05) is 38.9 Å². The van der Waals surface area contributed by atoms with Crippen molar-refractivity contribution in [1.82, 2.24) is 15.1 Å². The highest BCUT2D eigenvalue weighted by Gasteiger charge is 2.31. The van der Waals surface area contributed by atoms with E-state index in [1.54, 1.807) is 11.3 Å². The van der Waals surface area contributed by atoms with Crippen molar-refractivity contribution in [2.24, 2.45) is 13.0 Å². The summed E-state index contributed by atoms with van der Waals surface area (Å²) >= 11 is 5.22. The lowest BCUT2D eigenvalue weighted by atomic mass is 9.99. The zero-order valence-electron chi connectivity index (χ0n) is 11.4. The number of aromatic nitrogens is 2. The molecule has 0 saturated carbocycles. The molecule has 2 aromatic heterocycles. The van der Waals surface area contributed by atoms with Crippen LogP contribution in [0, 0.1) is 5.92 Å². The molecule has 2 atom stereocenters. The van der Waals surface area contributed by atoms with E-state index < -0.39 is 0 Å². The standard InChI is InChI=1S/C14H18BrN3OS/c1-18-12(2-4-17-18)14-11(3-5-19-14)8-16-7-10-6-13(15)20-9-10/h2,4,6,9,11,14,16H,3,5,7-8H2,1H3/t11-,14+/m0/s1. The van der Waals surface area contributed by atoms with Crippen molar-refractivity contribution in [2.75, 3.05) is 13.2 Å². The number of ether oxygens (including phenoxy) is 1. The minimum atomic E-state index is 0.171. The van der Waals surface area contributed by atoms with Crippen LogP contribution in [0.5, 0.6) is 0 Å². The molecular weight excluding hydrogens is 338 g/mol. The van der Waals surface area contributed by atoms with E-state index in [1.165, 1.54) is 15.0 Å². The lowest BCUT2D eigenvalue weighted by molar-refractivity contribution is 0.0838. The molecule has 0 aromatic carbocycles. The van der Waals surface area contributed by atoms with Crippen molar-refractivity contribution in [2.45, 2.75) is 19.1 Å². The molecule has 0 unspecified atom stereocenters. The van der Waals surface area contributed by atoms with Gasteiger partial charge in [-0.05, 0) is 45.4 Å². The van der Waals surface area contributed by atoms with Crippen molar-refractivity contribution in [1.29, 1.82) is 0 Å². The highest BCUT2D eigenvalue weighted by atomic mass is 79.9. The van der Waals surface area contributed by atoms with E-state index in [2.05, 4.69) is 43.9 Å². The Morgan fingerprint density at radius 1 is 1.60 bits per heavy atom. The monoisotopic (exact) mass is 355 g/mol. The fourth-order valence-electron chi connectivity index (χ4n) is 2.67. The first kappa shape index (κ1) is 14.3. The number of nitrogens with one attached hydrogen (secondary N) is 1. The summed E-state index contributed by atoms with van der Waals surface area (Å²) in [5.74, 6) is 0.521. The van der Waals surface area contributed by atoms with E-state index in [0.717, 1.165) is 26.1 Å². The average Bonchev–Trinajstić information content (AvgIpc) is 3.12. The number of nitrogens with zero attached hydrogens (tertiary/aromatic N) is 2.